The number of piperidine rings is 1. The zero-order valence-electron chi connectivity index (χ0n) is 15.2. The molecule has 0 radical (unpaired) electrons. The third-order valence-corrected chi connectivity index (χ3v) is 4.79. The van der Waals surface area contributed by atoms with Crippen LogP contribution in [0.25, 0.3) is 0 Å². The van der Waals surface area contributed by atoms with E-state index in [1.54, 1.807) is 5.57 Å². The van der Waals surface area contributed by atoms with E-state index in [4.69, 9.17) is 0 Å². The van der Waals surface area contributed by atoms with Crippen LogP contribution in [0.5, 0.6) is 0 Å². The molecular formula is C22H33N. The van der Waals surface area contributed by atoms with Crippen LogP contribution in [-0.4, -0.2) is 24.5 Å². The van der Waals surface area contributed by atoms with Crippen molar-refractivity contribution >= 4 is 0 Å². The van der Waals surface area contributed by atoms with E-state index < -0.39 is 0 Å². The summed E-state index contributed by atoms with van der Waals surface area (Å²) in [6, 6.07) is 11.0. The number of rotatable bonds is 7. The highest BCUT2D eigenvalue weighted by Crippen LogP contribution is 2.27. The molecule has 1 saturated heterocycles. The van der Waals surface area contributed by atoms with Crippen molar-refractivity contribution in [3.8, 4) is 0 Å². The lowest BCUT2D eigenvalue weighted by Gasteiger charge is -2.32. The maximum atomic E-state index is 2.63. The van der Waals surface area contributed by atoms with Crippen LogP contribution in [0.1, 0.15) is 64.4 Å². The van der Waals surface area contributed by atoms with Crippen LogP contribution in [0.15, 0.2) is 53.6 Å². The van der Waals surface area contributed by atoms with E-state index in [1.165, 1.54) is 56.3 Å². The van der Waals surface area contributed by atoms with Gasteiger partial charge in [-0.05, 0) is 77.4 Å². The van der Waals surface area contributed by atoms with Crippen molar-refractivity contribution in [3.63, 3.8) is 0 Å². The molecule has 0 aliphatic carbocycles. The zero-order chi connectivity index (χ0) is 16.5. The van der Waals surface area contributed by atoms with Gasteiger partial charge in [-0.25, -0.2) is 0 Å². The van der Waals surface area contributed by atoms with E-state index in [2.05, 4.69) is 68.2 Å². The first-order valence-corrected chi connectivity index (χ1v) is 9.21. The lowest BCUT2D eigenvalue weighted by Crippen LogP contribution is -2.34. The van der Waals surface area contributed by atoms with Gasteiger partial charge in [-0.2, -0.15) is 0 Å². The third-order valence-electron chi connectivity index (χ3n) is 4.79. The fourth-order valence-electron chi connectivity index (χ4n) is 3.42. The van der Waals surface area contributed by atoms with Crippen molar-refractivity contribution in [3.05, 3.63) is 59.2 Å². The summed E-state index contributed by atoms with van der Waals surface area (Å²) >= 11 is 0. The molecule has 0 saturated carbocycles. The fraction of sp³-hybridized carbons (Fsp3) is 0.545. The van der Waals surface area contributed by atoms with E-state index in [1.807, 2.05) is 0 Å². The monoisotopic (exact) mass is 311 g/mol. The topological polar surface area (TPSA) is 3.24 Å². The molecule has 0 amide bonds. The Bertz CT molecular complexity index is 500. The maximum Gasteiger partial charge on any atom is 0.0190 e. The molecule has 0 aromatic heterocycles. The summed E-state index contributed by atoms with van der Waals surface area (Å²) in [6.07, 6.45) is 11.1. The molecule has 1 fully saturated rings. The van der Waals surface area contributed by atoms with E-state index >= 15 is 0 Å². The van der Waals surface area contributed by atoms with Crippen molar-refractivity contribution in [1.82, 2.24) is 4.90 Å². The largest absolute Gasteiger partial charge is 0.299 e. The first-order chi connectivity index (χ1) is 11.1. The second-order valence-corrected chi connectivity index (χ2v) is 7.22. The molecule has 0 spiro atoms. The molecule has 1 aliphatic rings. The predicted molar refractivity (Wildman–Crippen MR) is 102 cm³/mol. The Hall–Kier alpha value is -1.34. The first kappa shape index (κ1) is 18.0. The molecule has 0 atom stereocenters. The summed E-state index contributed by atoms with van der Waals surface area (Å²) in [6.45, 7) is 10.3. The highest BCUT2D eigenvalue weighted by molar-refractivity contribution is 5.20. The van der Waals surface area contributed by atoms with Crippen LogP contribution in [0.4, 0.5) is 0 Å². The number of hydrogen-bond donors (Lipinski definition) is 0. The number of nitrogens with zero attached hydrogens (tertiary/aromatic N) is 1. The Kier molecular flexibility index (Phi) is 7.61. The zero-order valence-corrected chi connectivity index (χ0v) is 15.2. The van der Waals surface area contributed by atoms with Crippen LogP contribution in [0.2, 0.25) is 0 Å². The van der Waals surface area contributed by atoms with Gasteiger partial charge >= 0.3 is 0 Å². The summed E-state index contributed by atoms with van der Waals surface area (Å²) in [5.74, 6) is 0.765. The fourth-order valence-corrected chi connectivity index (χ4v) is 3.42. The summed E-state index contributed by atoms with van der Waals surface area (Å²) in [7, 11) is 0. The first-order valence-electron chi connectivity index (χ1n) is 9.21. The predicted octanol–water partition coefficient (Wildman–Crippen LogP) is 5.95. The van der Waals surface area contributed by atoms with Gasteiger partial charge in [0.1, 0.15) is 0 Å². The summed E-state index contributed by atoms with van der Waals surface area (Å²) < 4.78 is 0. The molecule has 2 rings (SSSR count). The van der Waals surface area contributed by atoms with Crippen LogP contribution in [-0.2, 0) is 0 Å². The molecule has 0 bridgehead atoms. The molecule has 1 heteroatoms. The minimum absolute atomic E-state index is 0.765. The average molecular weight is 312 g/mol. The number of hydrogen-bond acceptors (Lipinski definition) is 1. The van der Waals surface area contributed by atoms with Gasteiger partial charge in [0.15, 0.2) is 0 Å². The second kappa shape index (κ2) is 9.72. The minimum Gasteiger partial charge on any atom is -0.299 e. The number of benzene rings is 1. The molecule has 0 unspecified atom stereocenters. The maximum absolute atomic E-state index is 2.63. The summed E-state index contributed by atoms with van der Waals surface area (Å²) in [4.78, 5) is 2.63. The third kappa shape index (κ3) is 6.74. The molecular weight excluding hydrogens is 278 g/mol. The highest BCUT2D eigenvalue weighted by Gasteiger charge is 2.20. The summed E-state index contributed by atoms with van der Waals surface area (Å²) in [5.41, 5.74) is 4.51. The van der Waals surface area contributed by atoms with E-state index in [9.17, 15) is 0 Å². The van der Waals surface area contributed by atoms with Crippen LogP contribution < -0.4 is 0 Å². The van der Waals surface area contributed by atoms with Gasteiger partial charge in [-0.3, -0.25) is 4.90 Å². The van der Waals surface area contributed by atoms with Gasteiger partial charge in [0, 0.05) is 6.54 Å². The lowest BCUT2D eigenvalue weighted by atomic mass is 9.89. The Morgan fingerprint density at radius 3 is 2.30 bits per heavy atom. The van der Waals surface area contributed by atoms with Gasteiger partial charge in [0.05, 0.1) is 0 Å². The van der Waals surface area contributed by atoms with Gasteiger partial charge in [0.25, 0.3) is 0 Å². The minimum atomic E-state index is 0.765. The smallest absolute Gasteiger partial charge is 0.0190 e. The quantitative estimate of drug-likeness (QED) is 0.444. The van der Waals surface area contributed by atoms with Crippen LogP contribution >= 0.6 is 0 Å². The summed E-state index contributed by atoms with van der Waals surface area (Å²) in [5, 5.41) is 0. The standard InChI is InChI=1S/C22H33N/c1-19(2)10-6-4-7-11-20(3)18-23-16-14-22(15-17-23)21-12-8-5-9-13-21/h5,8-13,22H,4,6-7,14-18H2,1-3H3. The Balaban J connectivity index is 1.68. The number of likely N-dealkylation sites (tertiary alicyclic amines) is 1. The Labute approximate surface area is 143 Å². The molecule has 1 heterocycles. The normalized spacial score (nSPS) is 17.3. The van der Waals surface area contributed by atoms with E-state index in [0.29, 0.717) is 0 Å². The average Bonchev–Trinajstić information content (AvgIpc) is 2.56. The van der Waals surface area contributed by atoms with Crippen molar-refractivity contribution in [1.29, 1.82) is 0 Å². The molecule has 1 aromatic rings. The second-order valence-electron chi connectivity index (χ2n) is 7.22. The lowest BCUT2D eigenvalue weighted by molar-refractivity contribution is 0.228. The highest BCUT2D eigenvalue weighted by atomic mass is 15.1. The Morgan fingerprint density at radius 2 is 1.65 bits per heavy atom. The number of allylic oxidation sites excluding steroid dienone is 3. The molecule has 1 nitrogen and oxygen atoms in total. The molecule has 0 N–H and O–H groups in total. The van der Waals surface area contributed by atoms with Gasteiger partial charge < -0.3 is 0 Å². The van der Waals surface area contributed by atoms with Gasteiger partial charge in [-0.15, -0.1) is 0 Å². The van der Waals surface area contributed by atoms with E-state index in [0.717, 1.165) is 12.5 Å². The van der Waals surface area contributed by atoms with Crippen molar-refractivity contribution in [2.75, 3.05) is 19.6 Å². The van der Waals surface area contributed by atoms with Gasteiger partial charge in [-0.1, -0.05) is 53.6 Å². The van der Waals surface area contributed by atoms with E-state index in [-0.39, 0.29) is 0 Å². The van der Waals surface area contributed by atoms with Gasteiger partial charge in [0.2, 0.25) is 0 Å². The van der Waals surface area contributed by atoms with Crippen molar-refractivity contribution in [2.24, 2.45) is 0 Å². The van der Waals surface area contributed by atoms with Crippen LogP contribution in [0, 0.1) is 0 Å². The SMILES string of the molecule is CC(C)=CCCCC=C(C)CN1CCC(c2ccccc2)CC1. The van der Waals surface area contributed by atoms with Crippen LogP contribution in [0.3, 0.4) is 0 Å². The molecule has 126 valence electrons. The van der Waals surface area contributed by atoms with Crippen molar-refractivity contribution in [2.45, 2.75) is 58.8 Å². The number of unbranched alkanes of at least 4 members (excludes halogenated alkanes) is 2. The molecule has 1 aromatic carbocycles. The molecule has 23 heavy (non-hydrogen) atoms. The van der Waals surface area contributed by atoms with Crippen molar-refractivity contribution < 1.29 is 0 Å². The Morgan fingerprint density at radius 1 is 1.00 bits per heavy atom. The molecule has 1 aliphatic heterocycles.